The van der Waals surface area contributed by atoms with Gasteiger partial charge in [-0.2, -0.15) is 0 Å². The molecule has 2 aromatic rings. The number of anilines is 1. The van der Waals surface area contributed by atoms with Crippen molar-refractivity contribution in [3.05, 3.63) is 59.7 Å². The third kappa shape index (κ3) is 5.41. The number of hydrogen-bond donors (Lipinski definition) is 3. The summed E-state index contributed by atoms with van der Waals surface area (Å²) in [5.74, 6) is -2.44. The number of nitrogens with one attached hydrogen (secondary N) is 3. The molecule has 6 amide bonds. The van der Waals surface area contributed by atoms with Gasteiger partial charge in [-0.25, -0.2) is 18.0 Å². The normalized spacial score (nSPS) is 20.9. The summed E-state index contributed by atoms with van der Waals surface area (Å²) in [5, 5.41) is 6.84. The lowest BCUT2D eigenvalue weighted by atomic mass is 9.79. The summed E-state index contributed by atoms with van der Waals surface area (Å²) in [6.07, 6.45) is -0.771. The van der Waals surface area contributed by atoms with Crippen LogP contribution >= 0.6 is 0 Å². The molecule has 222 valence electrons. The number of nitrogens with zero attached hydrogens (tertiary/aromatic N) is 2. The van der Waals surface area contributed by atoms with Crippen molar-refractivity contribution in [1.29, 1.82) is 0 Å². The van der Waals surface area contributed by atoms with Crippen molar-refractivity contribution < 1.29 is 37.1 Å². The average molecular weight is 598 g/mol. The predicted molar refractivity (Wildman–Crippen MR) is 149 cm³/mol. The zero-order valence-corrected chi connectivity index (χ0v) is 24.1. The largest absolute Gasteiger partial charge is 0.444 e. The predicted octanol–water partition coefficient (Wildman–Crippen LogP) is 1.18. The zero-order chi connectivity index (χ0) is 30.4. The number of rotatable bonds is 4. The van der Waals surface area contributed by atoms with Crippen LogP contribution in [0.15, 0.2) is 53.4 Å². The maximum Gasteiger partial charge on any atom is 0.410 e. The average Bonchev–Trinajstić information content (AvgIpc) is 3.29. The van der Waals surface area contributed by atoms with E-state index in [1.54, 1.807) is 69.3 Å². The molecule has 2 aromatic carbocycles. The first kappa shape index (κ1) is 29.0. The van der Waals surface area contributed by atoms with E-state index in [9.17, 15) is 32.4 Å². The Hall–Kier alpha value is -4.46. The summed E-state index contributed by atoms with van der Waals surface area (Å²) in [6, 6.07) is 11.3. The summed E-state index contributed by atoms with van der Waals surface area (Å²) in [4.78, 5) is 67.3. The lowest BCUT2D eigenvalue weighted by molar-refractivity contribution is -0.144. The van der Waals surface area contributed by atoms with Crippen LogP contribution in [0.3, 0.4) is 0 Å². The number of fused-ring (bicyclic) bond motifs is 1. The second kappa shape index (κ2) is 10.4. The van der Waals surface area contributed by atoms with E-state index in [-0.39, 0.29) is 22.8 Å². The second-order valence-electron chi connectivity index (χ2n) is 11.5. The smallest absolute Gasteiger partial charge is 0.410 e. The molecule has 14 heteroatoms. The number of hydrogen-bond acceptors (Lipinski definition) is 9. The molecule has 0 aliphatic carbocycles. The lowest BCUT2D eigenvalue weighted by Crippen LogP contribution is -2.69. The van der Waals surface area contributed by atoms with Gasteiger partial charge in [0.2, 0.25) is 11.8 Å². The van der Waals surface area contributed by atoms with Crippen LogP contribution < -0.4 is 20.9 Å². The molecule has 42 heavy (non-hydrogen) atoms. The fourth-order valence-electron chi connectivity index (χ4n) is 5.34. The number of para-hydroxylation sites is 1. The van der Waals surface area contributed by atoms with Crippen molar-refractivity contribution in [2.24, 2.45) is 5.41 Å². The van der Waals surface area contributed by atoms with Gasteiger partial charge in [-0.1, -0.05) is 24.3 Å². The van der Waals surface area contributed by atoms with Gasteiger partial charge in [-0.3, -0.25) is 25.0 Å². The minimum Gasteiger partial charge on any atom is -0.444 e. The van der Waals surface area contributed by atoms with Crippen molar-refractivity contribution in [1.82, 2.24) is 20.9 Å². The first-order chi connectivity index (χ1) is 19.7. The number of benzene rings is 2. The Morgan fingerprint density at radius 1 is 1.02 bits per heavy atom. The van der Waals surface area contributed by atoms with Gasteiger partial charge in [0.15, 0.2) is 15.3 Å². The number of barbiturate groups is 1. The molecule has 13 nitrogen and oxygen atoms in total. The topological polar surface area (TPSA) is 171 Å². The van der Waals surface area contributed by atoms with Gasteiger partial charge in [0.05, 0.1) is 22.4 Å². The van der Waals surface area contributed by atoms with Gasteiger partial charge in [0.25, 0.3) is 5.91 Å². The molecule has 1 spiro atoms. The molecule has 3 aliphatic heterocycles. The molecular weight excluding hydrogens is 566 g/mol. The van der Waals surface area contributed by atoms with Crippen LogP contribution in [0.4, 0.5) is 15.3 Å². The standard InChI is InChI=1S/C28H31N5O8S/c1-27(2,3)41-26(38)33-15-21(28(16-33)23(35)30-25(37)31-24(28)36)29-22(34)18-10-8-17(9-11-18)14-32-12-13-42(39,40)20-7-5-4-6-19(20)32/h4-11,21H,12-16H2,1-3H3,(H,29,34)(H2,30,31,35,36,37). The van der Waals surface area contributed by atoms with Crippen LogP contribution in [0.2, 0.25) is 0 Å². The summed E-state index contributed by atoms with van der Waals surface area (Å²) in [5.41, 5.74) is -1.10. The second-order valence-corrected chi connectivity index (χ2v) is 13.6. The van der Waals surface area contributed by atoms with Crippen LogP contribution in [0.5, 0.6) is 0 Å². The molecule has 0 saturated carbocycles. The molecule has 0 bridgehead atoms. The van der Waals surface area contributed by atoms with Gasteiger partial charge >= 0.3 is 12.1 Å². The zero-order valence-electron chi connectivity index (χ0n) is 23.3. The minimum absolute atomic E-state index is 0.000701. The molecule has 3 N–H and O–H groups in total. The van der Waals surface area contributed by atoms with E-state index in [1.165, 1.54) is 0 Å². The first-order valence-electron chi connectivity index (χ1n) is 13.3. The van der Waals surface area contributed by atoms with E-state index >= 15 is 0 Å². The molecule has 3 heterocycles. The SMILES string of the molecule is CC(C)(C)OC(=O)N1CC(NC(=O)c2ccc(CN3CCS(=O)(=O)c4ccccc43)cc2)C2(C1)C(=O)NC(=O)NC2=O. The van der Waals surface area contributed by atoms with Gasteiger partial charge in [0.1, 0.15) is 5.60 Å². The fourth-order valence-corrected chi connectivity index (χ4v) is 6.82. The number of sulfone groups is 1. The monoisotopic (exact) mass is 597 g/mol. The van der Waals surface area contributed by atoms with Gasteiger partial charge < -0.3 is 19.9 Å². The van der Waals surface area contributed by atoms with Crippen LogP contribution in [0.25, 0.3) is 0 Å². The molecule has 5 rings (SSSR count). The Bertz CT molecular complexity index is 1560. The van der Waals surface area contributed by atoms with E-state index in [2.05, 4.69) is 16.0 Å². The third-order valence-corrected chi connectivity index (χ3v) is 9.16. The van der Waals surface area contributed by atoms with Gasteiger partial charge in [0, 0.05) is 31.7 Å². The molecular formula is C28H31N5O8S. The number of amides is 6. The maximum atomic E-state index is 13.3. The van der Waals surface area contributed by atoms with Gasteiger partial charge in [-0.05, 0) is 50.6 Å². The fraction of sp³-hybridized carbons (Fsp3) is 0.393. The molecule has 0 radical (unpaired) electrons. The van der Waals surface area contributed by atoms with E-state index in [1.807, 2.05) is 4.90 Å². The van der Waals surface area contributed by atoms with Gasteiger partial charge in [-0.15, -0.1) is 0 Å². The Morgan fingerprint density at radius 2 is 1.67 bits per heavy atom. The molecule has 1 unspecified atom stereocenters. The quantitative estimate of drug-likeness (QED) is 0.438. The number of likely N-dealkylation sites (tertiary alicyclic amines) is 1. The molecule has 2 saturated heterocycles. The highest BCUT2D eigenvalue weighted by molar-refractivity contribution is 7.91. The maximum absolute atomic E-state index is 13.3. The summed E-state index contributed by atoms with van der Waals surface area (Å²) in [6.45, 7) is 5.15. The van der Waals surface area contributed by atoms with Crippen LogP contribution in [-0.4, -0.2) is 80.2 Å². The third-order valence-electron chi connectivity index (χ3n) is 7.42. The first-order valence-corrected chi connectivity index (χ1v) is 15.0. The molecule has 0 aromatic heterocycles. The van der Waals surface area contributed by atoms with Crippen LogP contribution in [-0.2, 0) is 30.7 Å². The number of urea groups is 1. The van der Waals surface area contributed by atoms with Crippen LogP contribution in [0.1, 0.15) is 36.7 Å². The highest BCUT2D eigenvalue weighted by Gasteiger charge is 2.62. The van der Waals surface area contributed by atoms with E-state index in [0.717, 1.165) is 10.5 Å². The molecule has 3 aliphatic rings. The number of imide groups is 2. The lowest BCUT2D eigenvalue weighted by Gasteiger charge is -2.34. The molecule has 1 atom stereocenters. The number of ether oxygens (including phenoxy) is 1. The van der Waals surface area contributed by atoms with Crippen molar-refractivity contribution in [2.75, 3.05) is 30.3 Å². The van der Waals surface area contributed by atoms with Crippen molar-refractivity contribution in [3.63, 3.8) is 0 Å². The Balaban J connectivity index is 1.33. The van der Waals surface area contributed by atoms with Crippen molar-refractivity contribution >= 4 is 45.4 Å². The van der Waals surface area contributed by atoms with Crippen LogP contribution in [0, 0.1) is 5.41 Å². The van der Waals surface area contributed by atoms with E-state index < -0.39 is 63.3 Å². The summed E-state index contributed by atoms with van der Waals surface area (Å²) in [7, 11) is -3.34. The Kier molecular flexibility index (Phi) is 7.21. The summed E-state index contributed by atoms with van der Waals surface area (Å²) >= 11 is 0. The highest BCUT2D eigenvalue weighted by Crippen LogP contribution is 2.35. The van der Waals surface area contributed by atoms with E-state index in [4.69, 9.17) is 4.74 Å². The van der Waals surface area contributed by atoms with Crippen molar-refractivity contribution in [2.45, 2.75) is 43.9 Å². The van der Waals surface area contributed by atoms with E-state index in [0.29, 0.717) is 18.8 Å². The number of carbonyl (C=O) groups excluding carboxylic acids is 5. The highest BCUT2D eigenvalue weighted by atomic mass is 32.2. The Labute approximate surface area is 242 Å². The number of carbonyl (C=O) groups is 5. The Morgan fingerprint density at radius 3 is 2.31 bits per heavy atom. The minimum atomic E-state index is -3.34. The summed E-state index contributed by atoms with van der Waals surface area (Å²) < 4.78 is 30.3. The van der Waals surface area contributed by atoms with Crippen molar-refractivity contribution in [3.8, 4) is 0 Å². The molecule has 2 fully saturated rings.